The van der Waals surface area contributed by atoms with Gasteiger partial charge in [0.1, 0.15) is 11.3 Å². The molecule has 0 spiro atoms. The van der Waals surface area contributed by atoms with E-state index in [0.717, 1.165) is 5.56 Å². The van der Waals surface area contributed by atoms with Gasteiger partial charge in [0.15, 0.2) is 23.3 Å². The average Bonchev–Trinajstić information content (AvgIpc) is 2.52. The zero-order chi connectivity index (χ0) is 19.8. The number of amides is 1. The van der Waals surface area contributed by atoms with E-state index in [0.29, 0.717) is 11.1 Å². The molecule has 2 rings (SSSR count). The summed E-state index contributed by atoms with van der Waals surface area (Å²) >= 11 is 0. The number of hydrogen-bond donors (Lipinski definition) is 1. The van der Waals surface area contributed by atoms with E-state index in [9.17, 15) is 35.5 Å². The Labute approximate surface area is 143 Å². The van der Waals surface area contributed by atoms with Gasteiger partial charge in [-0.05, 0) is 25.0 Å². The number of halogens is 7. The zero-order valence-electron chi connectivity index (χ0n) is 13.5. The second-order valence-electron chi connectivity index (χ2n) is 5.66. The van der Waals surface area contributed by atoms with Crippen molar-refractivity contribution in [1.29, 1.82) is 0 Å². The molecule has 0 aliphatic carbocycles. The third kappa shape index (κ3) is 3.81. The minimum absolute atomic E-state index is 0.392. The molecule has 1 amide bonds. The highest BCUT2D eigenvalue weighted by Crippen LogP contribution is 2.38. The van der Waals surface area contributed by atoms with E-state index in [4.69, 9.17) is 0 Å². The van der Waals surface area contributed by atoms with Crippen LogP contribution in [0, 0.1) is 37.1 Å². The van der Waals surface area contributed by atoms with E-state index < -0.39 is 53.0 Å². The number of alkyl halides is 3. The van der Waals surface area contributed by atoms with Crippen molar-refractivity contribution >= 4 is 11.6 Å². The lowest BCUT2D eigenvalue weighted by molar-refractivity contribution is -0.143. The second-order valence-corrected chi connectivity index (χ2v) is 5.66. The second kappa shape index (κ2) is 6.97. The number of carbonyl (C=O) groups excluding carboxylic acids is 1. The number of rotatable bonds is 3. The molecule has 0 saturated heterocycles. The minimum atomic E-state index is -5.64. The summed E-state index contributed by atoms with van der Waals surface area (Å²) in [7, 11) is 0. The summed E-state index contributed by atoms with van der Waals surface area (Å²) in [6, 6.07) is 5.07. The van der Waals surface area contributed by atoms with E-state index in [1.807, 2.05) is 0 Å². The van der Waals surface area contributed by atoms with Gasteiger partial charge in [-0.1, -0.05) is 23.8 Å². The van der Waals surface area contributed by atoms with Crippen LogP contribution in [-0.2, 0) is 17.4 Å². The number of benzene rings is 2. The lowest BCUT2D eigenvalue weighted by atomic mass is 10.0. The molecule has 0 radical (unpaired) electrons. The van der Waals surface area contributed by atoms with Crippen LogP contribution < -0.4 is 5.32 Å². The van der Waals surface area contributed by atoms with Crippen molar-refractivity contribution in [3.63, 3.8) is 0 Å². The van der Waals surface area contributed by atoms with Crippen molar-refractivity contribution in [3.05, 3.63) is 63.7 Å². The largest absolute Gasteiger partial charge is 0.422 e. The van der Waals surface area contributed by atoms with Crippen LogP contribution in [0.1, 0.15) is 22.3 Å². The Hall–Kier alpha value is -2.58. The first-order valence-electron chi connectivity index (χ1n) is 7.22. The fourth-order valence-electron chi connectivity index (χ4n) is 2.34. The van der Waals surface area contributed by atoms with Crippen molar-refractivity contribution in [2.75, 3.05) is 5.32 Å². The van der Waals surface area contributed by atoms with Gasteiger partial charge in [-0.3, -0.25) is 4.79 Å². The summed E-state index contributed by atoms with van der Waals surface area (Å²) in [5, 5.41) is 1.60. The van der Waals surface area contributed by atoms with Gasteiger partial charge in [0.2, 0.25) is 5.91 Å². The first-order valence-corrected chi connectivity index (χ1v) is 7.22. The van der Waals surface area contributed by atoms with Crippen molar-refractivity contribution in [3.8, 4) is 0 Å². The molecule has 26 heavy (non-hydrogen) atoms. The molecule has 0 aliphatic rings. The van der Waals surface area contributed by atoms with Crippen LogP contribution in [0.25, 0.3) is 0 Å². The van der Waals surface area contributed by atoms with E-state index >= 15 is 0 Å². The molecule has 0 aliphatic heterocycles. The van der Waals surface area contributed by atoms with Crippen molar-refractivity contribution in [2.45, 2.75) is 26.4 Å². The molecule has 140 valence electrons. The lowest BCUT2D eigenvalue weighted by Crippen LogP contribution is -2.21. The minimum Gasteiger partial charge on any atom is -0.321 e. The van der Waals surface area contributed by atoms with Crippen LogP contribution in [0.15, 0.2) is 18.2 Å². The van der Waals surface area contributed by atoms with E-state index in [-0.39, 0.29) is 0 Å². The first-order chi connectivity index (χ1) is 11.9. The maximum absolute atomic E-state index is 13.8. The SMILES string of the molecule is Cc1ccc(C)c(CC(=O)Nc2c(F)c(F)c(C(F)(F)F)c(F)c2F)c1. The molecule has 2 nitrogen and oxygen atoms in total. The van der Waals surface area contributed by atoms with Crippen molar-refractivity contribution in [2.24, 2.45) is 0 Å². The third-order valence-corrected chi connectivity index (χ3v) is 3.67. The topological polar surface area (TPSA) is 29.1 Å². The maximum atomic E-state index is 13.8. The number of nitrogens with one attached hydrogen (secondary N) is 1. The average molecular weight is 379 g/mol. The van der Waals surface area contributed by atoms with Crippen LogP contribution in [0.4, 0.5) is 36.4 Å². The molecule has 0 bridgehead atoms. The standard InChI is InChI=1S/C17H12F7NO/c1-7-3-4-8(2)9(5-7)6-10(26)25-16-14(20)12(18)11(17(22,23)24)13(19)15(16)21/h3-5H,6H2,1-2H3,(H,25,26). The number of aryl methyl sites for hydroxylation is 2. The molecule has 0 unspecified atom stereocenters. The Bertz CT molecular complexity index is 845. The molecule has 2 aromatic rings. The highest BCUT2D eigenvalue weighted by molar-refractivity contribution is 5.92. The van der Waals surface area contributed by atoms with Gasteiger partial charge in [-0.25, -0.2) is 17.6 Å². The summed E-state index contributed by atoms with van der Waals surface area (Å²) in [5.74, 6) is -11.0. The predicted octanol–water partition coefficient (Wildman–Crippen LogP) is 5.06. The zero-order valence-corrected chi connectivity index (χ0v) is 13.5. The van der Waals surface area contributed by atoms with Crippen molar-refractivity contribution in [1.82, 2.24) is 0 Å². The molecule has 0 saturated carbocycles. The van der Waals surface area contributed by atoms with Crippen LogP contribution in [0.5, 0.6) is 0 Å². The van der Waals surface area contributed by atoms with Gasteiger partial charge < -0.3 is 5.32 Å². The summed E-state index contributed by atoms with van der Waals surface area (Å²) in [6.45, 7) is 3.40. The van der Waals surface area contributed by atoms with Crippen molar-refractivity contribution < 1.29 is 35.5 Å². The number of hydrogen-bond acceptors (Lipinski definition) is 1. The van der Waals surface area contributed by atoms with Gasteiger partial charge in [0.05, 0.1) is 6.42 Å². The molecule has 0 heterocycles. The van der Waals surface area contributed by atoms with Gasteiger partial charge >= 0.3 is 6.18 Å². The Morgan fingerprint density at radius 1 is 0.962 bits per heavy atom. The highest BCUT2D eigenvalue weighted by atomic mass is 19.4. The molecule has 1 N–H and O–H groups in total. The normalized spacial score (nSPS) is 11.6. The fourth-order valence-corrected chi connectivity index (χ4v) is 2.34. The highest BCUT2D eigenvalue weighted by Gasteiger charge is 2.42. The molecule has 0 fully saturated rings. The number of anilines is 1. The summed E-state index contributed by atoms with van der Waals surface area (Å²) in [6.07, 6.45) is -6.03. The van der Waals surface area contributed by atoms with Gasteiger partial charge in [-0.2, -0.15) is 13.2 Å². The molecule has 2 aromatic carbocycles. The lowest BCUT2D eigenvalue weighted by Gasteiger charge is -2.15. The fraction of sp³-hybridized carbons (Fsp3) is 0.235. The number of carbonyl (C=O) groups is 1. The molecule has 0 atom stereocenters. The maximum Gasteiger partial charge on any atom is 0.422 e. The van der Waals surface area contributed by atoms with Gasteiger partial charge in [0.25, 0.3) is 0 Å². The monoisotopic (exact) mass is 379 g/mol. The smallest absolute Gasteiger partial charge is 0.321 e. The van der Waals surface area contributed by atoms with Crippen LogP contribution >= 0.6 is 0 Å². The Balaban J connectivity index is 2.38. The van der Waals surface area contributed by atoms with E-state index in [1.165, 1.54) is 0 Å². The van der Waals surface area contributed by atoms with Crippen LogP contribution in [0.2, 0.25) is 0 Å². The third-order valence-electron chi connectivity index (χ3n) is 3.67. The van der Waals surface area contributed by atoms with Crippen LogP contribution in [0.3, 0.4) is 0 Å². The van der Waals surface area contributed by atoms with E-state index in [2.05, 4.69) is 0 Å². The Morgan fingerprint density at radius 3 is 2.00 bits per heavy atom. The Morgan fingerprint density at radius 2 is 1.50 bits per heavy atom. The van der Waals surface area contributed by atoms with E-state index in [1.54, 1.807) is 37.4 Å². The summed E-state index contributed by atoms with van der Waals surface area (Å²) in [5.41, 5.74) is -2.35. The Kier molecular flexibility index (Phi) is 5.29. The molecular weight excluding hydrogens is 367 g/mol. The first kappa shape index (κ1) is 19.7. The quantitative estimate of drug-likeness (QED) is 0.586. The molecule has 9 heteroatoms. The predicted molar refractivity (Wildman–Crippen MR) is 79.5 cm³/mol. The van der Waals surface area contributed by atoms with Gasteiger partial charge in [0, 0.05) is 0 Å². The summed E-state index contributed by atoms with van der Waals surface area (Å²) in [4.78, 5) is 11.9. The van der Waals surface area contributed by atoms with Crippen LogP contribution in [-0.4, -0.2) is 5.91 Å². The summed E-state index contributed by atoms with van der Waals surface area (Å²) < 4.78 is 92.2. The molecular formula is C17H12F7NO. The van der Waals surface area contributed by atoms with Gasteiger partial charge in [-0.15, -0.1) is 0 Å². The molecule has 0 aromatic heterocycles.